The molecule has 3 rings (SSSR count). The van der Waals surface area contributed by atoms with Crippen LogP contribution < -0.4 is 11.1 Å². The van der Waals surface area contributed by atoms with E-state index in [1.165, 1.54) is 24.2 Å². The molecule has 1 heterocycles. The molecule has 6 heteroatoms. The highest BCUT2D eigenvalue weighted by molar-refractivity contribution is 9.10. The maximum atomic E-state index is 12.5. The number of nitrogen functional groups attached to an aromatic ring is 1. The van der Waals surface area contributed by atoms with E-state index in [2.05, 4.69) is 27.5 Å². The molecule has 2 unspecified atom stereocenters. The van der Waals surface area contributed by atoms with Crippen LogP contribution in [0.5, 0.6) is 0 Å². The number of hydrogen-bond acceptors (Lipinski definition) is 4. The van der Waals surface area contributed by atoms with Crippen molar-refractivity contribution in [1.29, 1.82) is 0 Å². The van der Waals surface area contributed by atoms with Crippen LogP contribution in [0.3, 0.4) is 0 Å². The summed E-state index contributed by atoms with van der Waals surface area (Å²) in [7, 11) is 0. The Morgan fingerprint density at radius 2 is 2.29 bits per heavy atom. The zero-order valence-corrected chi connectivity index (χ0v) is 14.9. The highest BCUT2D eigenvalue weighted by Gasteiger charge is 2.29. The fourth-order valence-electron chi connectivity index (χ4n) is 2.86. The van der Waals surface area contributed by atoms with Gasteiger partial charge in [-0.2, -0.15) is 11.8 Å². The Morgan fingerprint density at radius 3 is 3.05 bits per heavy atom. The van der Waals surface area contributed by atoms with Gasteiger partial charge in [0.2, 0.25) is 0 Å². The molecule has 3 N–H and O–H groups in total. The van der Waals surface area contributed by atoms with Crippen molar-refractivity contribution in [3.63, 3.8) is 0 Å². The lowest BCUT2D eigenvalue weighted by Crippen LogP contribution is -2.38. The van der Waals surface area contributed by atoms with Crippen molar-refractivity contribution in [2.75, 3.05) is 12.0 Å². The van der Waals surface area contributed by atoms with Gasteiger partial charge in [-0.25, -0.2) is 0 Å². The number of rotatable bonds is 3. The first kappa shape index (κ1) is 15.2. The second-order valence-corrected chi connectivity index (χ2v) is 8.32. The minimum atomic E-state index is -0.0317. The van der Waals surface area contributed by atoms with Crippen LogP contribution in [-0.2, 0) is 0 Å². The summed E-state index contributed by atoms with van der Waals surface area (Å²) < 4.78 is 2.03. The van der Waals surface area contributed by atoms with E-state index in [-0.39, 0.29) is 11.9 Å². The smallest absolute Gasteiger partial charge is 0.263 e. The van der Waals surface area contributed by atoms with Gasteiger partial charge in [-0.3, -0.25) is 4.79 Å². The number of benzene rings is 1. The van der Waals surface area contributed by atoms with E-state index in [4.69, 9.17) is 5.73 Å². The summed E-state index contributed by atoms with van der Waals surface area (Å²) in [6.45, 7) is 0. The van der Waals surface area contributed by atoms with Gasteiger partial charge in [0.05, 0.1) is 5.69 Å². The van der Waals surface area contributed by atoms with Crippen LogP contribution in [0, 0.1) is 0 Å². The SMILES string of the molecule is CSC1CCCC1NC(=O)c1sc2ccc(Br)cc2c1N. The van der Waals surface area contributed by atoms with Crippen LogP contribution >= 0.6 is 39.0 Å². The number of thioether (sulfide) groups is 1. The summed E-state index contributed by atoms with van der Waals surface area (Å²) >= 11 is 6.76. The van der Waals surface area contributed by atoms with Crippen LogP contribution in [-0.4, -0.2) is 23.5 Å². The van der Waals surface area contributed by atoms with E-state index in [1.54, 1.807) is 0 Å². The molecule has 2 atom stereocenters. The molecule has 1 aliphatic rings. The predicted molar refractivity (Wildman–Crippen MR) is 96.3 cm³/mol. The van der Waals surface area contributed by atoms with Crippen LogP contribution in [0.2, 0.25) is 0 Å². The van der Waals surface area contributed by atoms with E-state index in [0.29, 0.717) is 15.8 Å². The summed E-state index contributed by atoms with van der Waals surface area (Å²) in [5.74, 6) is -0.0317. The van der Waals surface area contributed by atoms with Gasteiger partial charge < -0.3 is 11.1 Å². The first-order chi connectivity index (χ1) is 10.1. The first-order valence-electron chi connectivity index (χ1n) is 6.91. The molecule has 1 amide bonds. The number of amides is 1. The van der Waals surface area contributed by atoms with Crippen molar-refractivity contribution < 1.29 is 4.79 Å². The number of thiophene rings is 1. The highest BCUT2D eigenvalue weighted by Crippen LogP contribution is 2.36. The second kappa shape index (κ2) is 6.18. The lowest BCUT2D eigenvalue weighted by atomic mass is 10.2. The summed E-state index contributed by atoms with van der Waals surface area (Å²) in [5.41, 5.74) is 6.76. The molecule has 0 aliphatic heterocycles. The van der Waals surface area contributed by atoms with Crippen LogP contribution in [0.25, 0.3) is 10.1 Å². The fourth-order valence-corrected chi connectivity index (χ4v) is 5.17. The molecule has 0 bridgehead atoms. The van der Waals surface area contributed by atoms with E-state index >= 15 is 0 Å². The minimum absolute atomic E-state index is 0.0317. The molecule has 1 saturated carbocycles. The Morgan fingerprint density at radius 1 is 1.48 bits per heavy atom. The molecule has 112 valence electrons. The maximum absolute atomic E-state index is 12.5. The lowest BCUT2D eigenvalue weighted by Gasteiger charge is -2.18. The zero-order chi connectivity index (χ0) is 15.0. The number of hydrogen-bond donors (Lipinski definition) is 2. The van der Waals surface area contributed by atoms with Crippen molar-refractivity contribution in [2.24, 2.45) is 0 Å². The van der Waals surface area contributed by atoms with Gasteiger partial charge in [-0.05, 0) is 37.3 Å². The number of nitrogens with one attached hydrogen (secondary N) is 1. The third kappa shape index (κ3) is 2.94. The number of anilines is 1. The molecule has 1 aromatic heterocycles. The monoisotopic (exact) mass is 384 g/mol. The summed E-state index contributed by atoms with van der Waals surface area (Å²) in [6.07, 6.45) is 5.54. The Bertz CT molecular complexity index is 686. The lowest BCUT2D eigenvalue weighted by molar-refractivity contribution is 0.0943. The Labute approximate surface area is 140 Å². The molecule has 0 saturated heterocycles. The van der Waals surface area contributed by atoms with E-state index in [0.717, 1.165) is 21.0 Å². The molecular formula is C15H17BrN2OS2. The van der Waals surface area contributed by atoms with Gasteiger partial charge in [0.15, 0.2) is 0 Å². The third-order valence-corrected chi connectivity index (χ3v) is 6.81. The van der Waals surface area contributed by atoms with Crippen molar-refractivity contribution in [3.8, 4) is 0 Å². The third-order valence-electron chi connectivity index (χ3n) is 3.97. The van der Waals surface area contributed by atoms with Gasteiger partial charge in [0.1, 0.15) is 4.88 Å². The number of halogens is 1. The van der Waals surface area contributed by atoms with Crippen molar-refractivity contribution in [2.45, 2.75) is 30.6 Å². The number of fused-ring (bicyclic) bond motifs is 1. The zero-order valence-electron chi connectivity index (χ0n) is 11.7. The molecule has 21 heavy (non-hydrogen) atoms. The van der Waals surface area contributed by atoms with Gasteiger partial charge in [0.25, 0.3) is 5.91 Å². The number of carbonyl (C=O) groups is 1. The fraction of sp³-hybridized carbons (Fsp3) is 0.400. The van der Waals surface area contributed by atoms with E-state index < -0.39 is 0 Å². The van der Waals surface area contributed by atoms with Crippen LogP contribution in [0.1, 0.15) is 28.9 Å². The number of carbonyl (C=O) groups excluding carboxylic acids is 1. The van der Waals surface area contributed by atoms with Crippen molar-refractivity contribution in [1.82, 2.24) is 5.32 Å². The molecule has 0 radical (unpaired) electrons. The van der Waals surface area contributed by atoms with E-state index in [1.807, 2.05) is 30.0 Å². The first-order valence-corrected chi connectivity index (χ1v) is 9.81. The van der Waals surface area contributed by atoms with Gasteiger partial charge >= 0.3 is 0 Å². The largest absolute Gasteiger partial charge is 0.397 e. The average Bonchev–Trinajstić information content (AvgIpc) is 3.04. The average molecular weight is 385 g/mol. The van der Waals surface area contributed by atoms with Crippen molar-refractivity contribution in [3.05, 3.63) is 27.5 Å². The van der Waals surface area contributed by atoms with Crippen LogP contribution in [0.4, 0.5) is 5.69 Å². The molecule has 0 spiro atoms. The van der Waals surface area contributed by atoms with E-state index in [9.17, 15) is 4.79 Å². The summed E-state index contributed by atoms with van der Waals surface area (Å²) in [5, 5.41) is 4.65. The van der Waals surface area contributed by atoms with Gasteiger partial charge in [-0.1, -0.05) is 22.4 Å². The highest BCUT2D eigenvalue weighted by atomic mass is 79.9. The molecule has 1 fully saturated rings. The minimum Gasteiger partial charge on any atom is -0.397 e. The van der Waals surface area contributed by atoms with Gasteiger partial charge in [-0.15, -0.1) is 11.3 Å². The van der Waals surface area contributed by atoms with Crippen LogP contribution in [0.15, 0.2) is 22.7 Å². The number of nitrogens with two attached hydrogens (primary N) is 1. The molecular weight excluding hydrogens is 368 g/mol. The molecule has 1 aromatic carbocycles. The summed E-state index contributed by atoms with van der Waals surface area (Å²) in [4.78, 5) is 13.2. The Balaban J connectivity index is 1.86. The quantitative estimate of drug-likeness (QED) is 0.830. The maximum Gasteiger partial charge on any atom is 0.263 e. The topological polar surface area (TPSA) is 55.1 Å². The normalized spacial score (nSPS) is 21.8. The molecule has 2 aromatic rings. The predicted octanol–water partition coefficient (Wildman–Crippen LogP) is 4.26. The van der Waals surface area contributed by atoms with Gasteiger partial charge in [0, 0.05) is 25.9 Å². The standard InChI is InChI=1S/C15H17BrN2OS2/c1-20-12-4-2-3-10(12)18-15(19)14-13(17)9-7-8(16)5-6-11(9)21-14/h5-7,10,12H,2-4,17H2,1H3,(H,18,19). The second-order valence-electron chi connectivity index (χ2n) is 5.27. The molecule has 3 nitrogen and oxygen atoms in total. The van der Waals surface area contributed by atoms with Crippen molar-refractivity contribution >= 4 is 60.7 Å². The molecule has 1 aliphatic carbocycles. The Kier molecular flexibility index (Phi) is 4.47. The Hall–Kier alpha value is -0.720. The summed E-state index contributed by atoms with van der Waals surface area (Å²) in [6, 6.07) is 6.21.